The van der Waals surface area contributed by atoms with E-state index in [1.165, 1.54) is 11.6 Å². The minimum atomic E-state index is -0.227. The summed E-state index contributed by atoms with van der Waals surface area (Å²) in [6, 6.07) is 12.1. The number of anilines is 1. The summed E-state index contributed by atoms with van der Waals surface area (Å²) < 4.78 is 13.5. The van der Waals surface area contributed by atoms with E-state index < -0.39 is 0 Å². The molecule has 3 rings (SSSR count). The Morgan fingerprint density at radius 2 is 2.13 bits per heavy atom. The average Bonchev–Trinajstić information content (AvgIpc) is 2.95. The van der Waals surface area contributed by atoms with Crippen LogP contribution in [0.3, 0.4) is 0 Å². The maximum absolute atomic E-state index is 13.5. The number of hydrogen-bond acceptors (Lipinski definition) is 3. The molecule has 1 atom stereocenters. The van der Waals surface area contributed by atoms with E-state index in [-0.39, 0.29) is 30.9 Å². The van der Waals surface area contributed by atoms with Crippen LogP contribution >= 0.6 is 0 Å². The number of aliphatic hydroxyl groups excluding tert-OH is 1. The number of amides is 1. The number of hydrogen-bond donors (Lipinski definition) is 3. The van der Waals surface area contributed by atoms with Gasteiger partial charge in [0, 0.05) is 17.8 Å². The van der Waals surface area contributed by atoms with Crippen LogP contribution in [0.15, 0.2) is 42.5 Å². The van der Waals surface area contributed by atoms with E-state index >= 15 is 0 Å². The lowest BCUT2D eigenvalue weighted by molar-refractivity contribution is 0.0945. The predicted octanol–water partition coefficient (Wildman–Crippen LogP) is 2.65. The van der Waals surface area contributed by atoms with Gasteiger partial charge in [-0.3, -0.25) is 4.79 Å². The third kappa shape index (κ3) is 3.51. The molecule has 0 bridgehead atoms. The molecule has 0 fully saturated rings. The van der Waals surface area contributed by atoms with Crippen LogP contribution in [0.1, 0.15) is 33.9 Å². The lowest BCUT2D eigenvalue weighted by atomic mass is 10.1. The number of nitrogens with one attached hydrogen (secondary N) is 2. The molecule has 3 N–H and O–H groups in total. The van der Waals surface area contributed by atoms with Crippen molar-refractivity contribution in [3.05, 3.63) is 65.0 Å². The van der Waals surface area contributed by atoms with Crippen LogP contribution in [-0.4, -0.2) is 24.2 Å². The molecule has 0 radical (unpaired) electrons. The van der Waals surface area contributed by atoms with E-state index in [2.05, 4.69) is 10.6 Å². The Kier molecular flexibility index (Phi) is 4.57. The zero-order valence-corrected chi connectivity index (χ0v) is 12.7. The highest BCUT2D eigenvalue weighted by Crippen LogP contribution is 2.34. The van der Waals surface area contributed by atoms with Crippen LogP contribution in [0.2, 0.25) is 0 Å². The van der Waals surface area contributed by atoms with Gasteiger partial charge in [-0.15, -0.1) is 0 Å². The number of aliphatic hydroxyl groups is 1. The predicted molar refractivity (Wildman–Crippen MR) is 86.9 cm³/mol. The zero-order valence-electron chi connectivity index (χ0n) is 12.7. The molecule has 2 aromatic carbocycles. The third-order valence-electron chi connectivity index (χ3n) is 4.05. The highest BCUT2D eigenvalue weighted by atomic mass is 19.1. The summed E-state index contributed by atoms with van der Waals surface area (Å²) in [7, 11) is 0. The largest absolute Gasteiger partial charge is 0.395 e. The third-order valence-corrected chi connectivity index (χ3v) is 4.05. The van der Waals surface area contributed by atoms with Crippen molar-refractivity contribution in [3.63, 3.8) is 0 Å². The summed E-state index contributed by atoms with van der Waals surface area (Å²) in [5.74, 6) is -0.449. The molecule has 4 nitrogen and oxygen atoms in total. The molecule has 23 heavy (non-hydrogen) atoms. The average molecular weight is 314 g/mol. The van der Waals surface area contributed by atoms with Gasteiger partial charge in [-0.2, -0.15) is 0 Å². The summed E-state index contributed by atoms with van der Waals surface area (Å²) in [6.45, 7) is 0.139. The molecule has 0 aliphatic heterocycles. The van der Waals surface area contributed by atoms with Crippen molar-refractivity contribution in [1.29, 1.82) is 0 Å². The second-order valence-corrected chi connectivity index (χ2v) is 5.64. The van der Waals surface area contributed by atoms with Gasteiger partial charge in [0.25, 0.3) is 5.91 Å². The Bertz CT molecular complexity index is 718. The van der Waals surface area contributed by atoms with E-state index in [9.17, 15) is 9.18 Å². The first kappa shape index (κ1) is 15.5. The monoisotopic (exact) mass is 314 g/mol. The van der Waals surface area contributed by atoms with Crippen molar-refractivity contribution in [2.45, 2.75) is 18.9 Å². The zero-order chi connectivity index (χ0) is 16.2. The Balaban J connectivity index is 1.75. The van der Waals surface area contributed by atoms with E-state index in [1.807, 2.05) is 12.1 Å². The lowest BCUT2D eigenvalue weighted by Gasteiger charge is -2.16. The van der Waals surface area contributed by atoms with E-state index in [4.69, 9.17) is 5.11 Å². The standard InChI is InChI=1S/C18H19FN2O2/c19-14-6-4-12-5-7-17(16(12)11-14)21-15-3-1-2-13(10-15)18(23)20-8-9-22/h1-4,6,10-11,17,21-22H,5,7-9H2,(H,20,23). The van der Waals surface area contributed by atoms with E-state index in [1.54, 1.807) is 24.3 Å². The molecule has 120 valence electrons. The SMILES string of the molecule is O=C(NCCO)c1cccc(NC2CCc3ccc(F)cc32)c1. The molecular weight excluding hydrogens is 295 g/mol. The van der Waals surface area contributed by atoms with Crippen LogP contribution in [0, 0.1) is 5.82 Å². The molecular formula is C18H19FN2O2. The van der Waals surface area contributed by atoms with Crippen LogP contribution in [-0.2, 0) is 6.42 Å². The Hall–Kier alpha value is -2.40. The first-order chi connectivity index (χ1) is 11.2. The number of aryl methyl sites for hydroxylation is 1. The maximum Gasteiger partial charge on any atom is 0.251 e. The van der Waals surface area contributed by atoms with Crippen molar-refractivity contribution in [1.82, 2.24) is 5.32 Å². The van der Waals surface area contributed by atoms with Gasteiger partial charge in [0.2, 0.25) is 0 Å². The van der Waals surface area contributed by atoms with Crippen LogP contribution in [0.4, 0.5) is 10.1 Å². The summed E-state index contributed by atoms with van der Waals surface area (Å²) >= 11 is 0. The van der Waals surface area contributed by atoms with Gasteiger partial charge in [-0.25, -0.2) is 4.39 Å². The van der Waals surface area contributed by atoms with Crippen LogP contribution in [0.25, 0.3) is 0 Å². The normalized spacial score (nSPS) is 16.0. The molecule has 1 amide bonds. The van der Waals surface area contributed by atoms with Crippen molar-refractivity contribution in [2.24, 2.45) is 0 Å². The smallest absolute Gasteiger partial charge is 0.251 e. The fourth-order valence-electron chi connectivity index (χ4n) is 2.95. The molecule has 0 heterocycles. The van der Waals surface area contributed by atoms with Crippen LogP contribution in [0.5, 0.6) is 0 Å². The molecule has 1 aliphatic rings. The number of benzene rings is 2. The molecule has 0 spiro atoms. The lowest BCUT2D eigenvalue weighted by Crippen LogP contribution is -2.26. The molecule has 0 aromatic heterocycles. The number of carbonyl (C=O) groups is 1. The van der Waals surface area contributed by atoms with Crippen LogP contribution < -0.4 is 10.6 Å². The summed E-state index contributed by atoms with van der Waals surface area (Å²) in [4.78, 5) is 11.9. The van der Waals surface area contributed by atoms with Gasteiger partial charge in [0.05, 0.1) is 12.6 Å². The van der Waals surface area contributed by atoms with Crippen molar-refractivity contribution in [3.8, 4) is 0 Å². The Morgan fingerprint density at radius 1 is 1.26 bits per heavy atom. The first-order valence-electron chi connectivity index (χ1n) is 7.71. The van der Waals surface area contributed by atoms with Gasteiger partial charge < -0.3 is 15.7 Å². The second-order valence-electron chi connectivity index (χ2n) is 5.64. The first-order valence-corrected chi connectivity index (χ1v) is 7.71. The number of halogens is 1. The maximum atomic E-state index is 13.5. The Morgan fingerprint density at radius 3 is 2.96 bits per heavy atom. The fourth-order valence-corrected chi connectivity index (χ4v) is 2.95. The summed E-state index contributed by atoms with van der Waals surface area (Å²) in [5.41, 5.74) is 3.51. The molecule has 5 heteroatoms. The van der Waals surface area contributed by atoms with Crippen molar-refractivity contribution >= 4 is 11.6 Å². The number of carbonyl (C=O) groups excluding carboxylic acids is 1. The molecule has 1 unspecified atom stereocenters. The molecule has 1 aliphatic carbocycles. The summed E-state index contributed by atoms with van der Waals surface area (Å²) in [5, 5.41) is 14.8. The number of rotatable bonds is 5. The second kappa shape index (κ2) is 6.79. The van der Waals surface area contributed by atoms with Gasteiger partial charge in [0.15, 0.2) is 0 Å². The van der Waals surface area contributed by atoms with E-state index in [0.29, 0.717) is 5.56 Å². The fraction of sp³-hybridized carbons (Fsp3) is 0.278. The van der Waals surface area contributed by atoms with Crippen molar-refractivity contribution < 1.29 is 14.3 Å². The highest BCUT2D eigenvalue weighted by molar-refractivity contribution is 5.95. The van der Waals surface area contributed by atoms with Crippen molar-refractivity contribution in [2.75, 3.05) is 18.5 Å². The molecule has 0 saturated carbocycles. The van der Waals surface area contributed by atoms with Gasteiger partial charge >= 0.3 is 0 Å². The summed E-state index contributed by atoms with van der Waals surface area (Å²) in [6.07, 6.45) is 1.82. The van der Waals surface area contributed by atoms with Gasteiger partial charge in [-0.05, 0) is 54.3 Å². The molecule has 0 saturated heterocycles. The number of fused-ring (bicyclic) bond motifs is 1. The minimum absolute atomic E-state index is 0.0523. The van der Waals surface area contributed by atoms with Gasteiger partial charge in [-0.1, -0.05) is 12.1 Å². The topological polar surface area (TPSA) is 61.4 Å². The molecule has 2 aromatic rings. The van der Waals surface area contributed by atoms with Gasteiger partial charge in [0.1, 0.15) is 5.82 Å². The van der Waals surface area contributed by atoms with E-state index in [0.717, 1.165) is 24.1 Å². The highest BCUT2D eigenvalue weighted by Gasteiger charge is 2.22. The Labute approximate surface area is 134 Å². The minimum Gasteiger partial charge on any atom is -0.395 e. The quantitative estimate of drug-likeness (QED) is 0.795.